The van der Waals surface area contributed by atoms with Crippen molar-refractivity contribution in [1.29, 1.82) is 0 Å². The number of anilines is 1. The lowest BCUT2D eigenvalue weighted by Gasteiger charge is -2.13. The molecule has 0 aliphatic rings. The minimum atomic E-state index is -0.262. The SMILES string of the molecule is CC(NC(=O)c1cccc(NCc2nc(-c3ccncc3)n[nH]2)c1)c1nncn1C. The first-order chi connectivity index (χ1) is 14.6. The van der Waals surface area contributed by atoms with E-state index < -0.39 is 0 Å². The number of amides is 1. The number of nitrogens with one attached hydrogen (secondary N) is 3. The smallest absolute Gasteiger partial charge is 0.251 e. The van der Waals surface area contributed by atoms with Crippen molar-refractivity contribution >= 4 is 11.6 Å². The molecule has 3 aromatic heterocycles. The molecule has 1 unspecified atom stereocenters. The molecule has 1 atom stereocenters. The van der Waals surface area contributed by atoms with Gasteiger partial charge in [-0.15, -0.1) is 10.2 Å². The van der Waals surface area contributed by atoms with Gasteiger partial charge in [0.2, 0.25) is 0 Å². The number of hydrogen-bond donors (Lipinski definition) is 3. The van der Waals surface area contributed by atoms with E-state index in [0.717, 1.165) is 11.3 Å². The Morgan fingerprint density at radius 1 is 1.23 bits per heavy atom. The van der Waals surface area contributed by atoms with E-state index in [0.29, 0.717) is 29.6 Å². The molecule has 1 amide bonds. The van der Waals surface area contributed by atoms with Crippen LogP contribution < -0.4 is 10.6 Å². The highest BCUT2D eigenvalue weighted by atomic mass is 16.1. The van der Waals surface area contributed by atoms with Crippen LogP contribution in [-0.4, -0.2) is 40.8 Å². The maximum Gasteiger partial charge on any atom is 0.251 e. The summed E-state index contributed by atoms with van der Waals surface area (Å²) in [4.78, 5) is 21.1. The van der Waals surface area contributed by atoms with Crippen molar-refractivity contribution in [2.45, 2.75) is 19.5 Å². The van der Waals surface area contributed by atoms with E-state index >= 15 is 0 Å². The van der Waals surface area contributed by atoms with Gasteiger partial charge in [0.05, 0.1) is 12.6 Å². The number of H-pyrrole nitrogens is 1. The van der Waals surface area contributed by atoms with Gasteiger partial charge in [0.15, 0.2) is 11.6 Å². The molecule has 4 aromatic rings. The molecule has 0 fully saturated rings. The third kappa shape index (κ3) is 4.32. The average Bonchev–Trinajstić information content (AvgIpc) is 3.42. The number of aryl methyl sites for hydroxylation is 1. The highest BCUT2D eigenvalue weighted by molar-refractivity contribution is 5.95. The second-order valence-corrected chi connectivity index (χ2v) is 6.77. The Hall–Kier alpha value is -4.08. The third-order valence-corrected chi connectivity index (χ3v) is 4.54. The van der Waals surface area contributed by atoms with E-state index in [1.54, 1.807) is 35.4 Å². The molecular formula is C20H21N9O. The zero-order chi connectivity index (χ0) is 20.9. The number of carbonyl (C=O) groups excluding carboxylic acids is 1. The van der Waals surface area contributed by atoms with Gasteiger partial charge in [0, 0.05) is 36.3 Å². The Labute approximate surface area is 172 Å². The molecule has 3 heterocycles. The van der Waals surface area contributed by atoms with Gasteiger partial charge >= 0.3 is 0 Å². The van der Waals surface area contributed by atoms with Crippen molar-refractivity contribution in [3.63, 3.8) is 0 Å². The van der Waals surface area contributed by atoms with Gasteiger partial charge in [-0.2, -0.15) is 5.10 Å². The van der Waals surface area contributed by atoms with Crippen LogP contribution in [0, 0.1) is 0 Å². The monoisotopic (exact) mass is 403 g/mol. The zero-order valence-electron chi connectivity index (χ0n) is 16.6. The fourth-order valence-electron chi connectivity index (χ4n) is 2.99. The first-order valence-corrected chi connectivity index (χ1v) is 9.40. The molecule has 152 valence electrons. The Morgan fingerprint density at radius 3 is 2.83 bits per heavy atom. The molecular weight excluding hydrogens is 382 g/mol. The molecule has 0 saturated carbocycles. The van der Waals surface area contributed by atoms with Crippen LogP contribution in [-0.2, 0) is 13.6 Å². The minimum absolute atomic E-state index is 0.186. The summed E-state index contributed by atoms with van der Waals surface area (Å²) in [6.07, 6.45) is 5.00. The summed E-state index contributed by atoms with van der Waals surface area (Å²) in [5, 5.41) is 21.2. The summed E-state index contributed by atoms with van der Waals surface area (Å²) in [6, 6.07) is 10.7. The molecule has 0 radical (unpaired) electrons. The lowest BCUT2D eigenvalue weighted by molar-refractivity contribution is 0.0938. The maximum atomic E-state index is 12.6. The van der Waals surface area contributed by atoms with Crippen LogP contribution in [0.2, 0.25) is 0 Å². The number of hydrogen-bond acceptors (Lipinski definition) is 7. The lowest BCUT2D eigenvalue weighted by Crippen LogP contribution is -2.28. The van der Waals surface area contributed by atoms with Gasteiger partial charge in [-0.25, -0.2) is 4.98 Å². The highest BCUT2D eigenvalue weighted by Crippen LogP contribution is 2.15. The topological polar surface area (TPSA) is 126 Å². The summed E-state index contributed by atoms with van der Waals surface area (Å²) in [6.45, 7) is 2.31. The molecule has 1 aromatic carbocycles. The van der Waals surface area contributed by atoms with Crippen molar-refractivity contribution in [1.82, 2.24) is 40.2 Å². The molecule has 0 bridgehead atoms. The van der Waals surface area contributed by atoms with E-state index in [-0.39, 0.29) is 11.9 Å². The number of pyridine rings is 1. The predicted molar refractivity (Wildman–Crippen MR) is 110 cm³/mol. The molecule has 0 aliphatic carbocycles. The lowest BCUT2D eigenvalue weighted by atomic mass is 10.1. The molecule has 3 N–H and O–H groups in total. The van der Waals surface area contributed by atoms with Crippen molar-refractivity contribution in [2.24, 2.45) is 7.05 Å². The molecule has 0 saturated heterocycles. The summed E-state index contributed by atoms with van der Waals surface area (Å²) in [5.41, 5.74) is 2.24. The van der Waals surface area contributed by atoms with Crippen LogP contribution in [0.1, 0.15) is 35.0 Å². The molecule has 10 heteroatoms. The largest absolute Gasteiger partial charge is 0.378 e. The van der Waals surface area contributed by atoms with Gasteiger partial charge in [0.25, 0.3) is 5.91 Å². The summed E-state index contributed by atoms with van der Waals surface area (Å²) in [7, 11) is 1.84. The third-order valence-electron chi connectivity index (χ3n) is 4.54. The minimum Gasteiger partial charge on any atom is -0.378 e. The summed E-state index contributed by atoms with van der Waals surface area (Å²) < 4.78 is 1.78. The highest BCUT2D eigenvalue weighted by Gasteiger charge is 2.15. The first-order valence-electron chi connectivity index (χ1n) is 9.40. The molecule has 4 rings (SSSR count). The van der Waals surface area contributed by atoms with Crippen LogP contribution in [0.4, 0.5) is 5.69 Å². The number of rotatable bonds is 7. The average molecular weight is 403 g/mol. The summed E-state index contributed by atoms with van der Waals surface area (Å²) in [5.74, 6) is 1.80. The van der Waals surface area contributed by atoms with Crippen LogP contribution in [0.3, 0.4) is 0 Å². The van der Waals surface area contributed by atoms with Gasteiger partial charge in [-0.3, -0.25) is 14.9 Å². The number of benzene rings is 1. The van der Waals surface area contributed by atoms with E-state index in [4.69, 9.17) is 0 Å². The van der Waals surface area contributed by atoms with Gasteiger partial charge in [0.1, 0.15) is 12.2 Å². The Morgan fingerprint density at radius 2 is 2.07 bits per heavy atom. The van der Waals surface area contributed by atoms with E-state index in [2.05, 4.69) is 41.0 Å². The number of carbonyl (C=O) groups is 1. The van der Waals surface area contributed by atoms with E-state index in [1.807, 2.05) is 38.2 Å². The Kier molecular flexibility index (Phi) is 5.46. The molecule has 0 aliphatic heterocycles. The van der Waals surface area contributed by atoms with Crippen molar-refractivity contribution in [2.75, 3.05) is 5.32 Å². The van der Waals surface area contributed by atoms with E-state index in [1.165, 1.54) is 0 Å². The number of nitrogens with zero attached hydrogens (tertiary/aromatic N) is 6. The van der Waals surface area contributed by atoms with Crippen LogP contribution >= 0.6 is 0 Å². The van der Waals surface area contributed by atoms with Crippen LogP contribution in [0.15, 0.2) is 55.1 Å². The number of aromatic nitrogens is 7. The van der Waals surface area contributed by atoms with Crippen molar-refractivity contribution < 1.29 is 4.79 Å². The quantitative estimate of drug-likeness (QED) is 0.431. The van der Waals surface area contributed by atoms with Gasteiger partial charge < -0.3 is 15.2 Å². The first kappa shape index (κ1) is 19.2. The van der Waals surface area contributed by atoms with Crippen LogP contribution in [0.5, 0.6) is 0 Å². The normalized spacial score (nSPS) is 11.8. The standard InChI is InChI=1S/C20H21N9O/c1-13(19-28-23-12-29(19)2)24-20(30)15-4-3-5-16(10-15)22-11-17-25-18(27-26-17)14-6-8-21-9-7-14/h3-10,12-13,22H,11H2,1-2H3,(H,24,30)(H,25,26,27). The number of aromatic amines is 1. The Balaban J connectivity index is 1.38. The Bertz CT molecular complexity index is 1140. The second kappa shape index (κ2) is 8.52. The van der Waals surface area contributed by atoms with E-state index in [9.17, 15) is 4.79 Å². The zero-order valence-corrected chi connectivity index (χ0v) is 16.6. The van der Waals surface area contributed by atoms with Crippen LogP contribution in [0.25, 0.3) is 11.4 Å². The second-order valence-electron chi connectivity index (χ2n) is 6.77. The molecule has 0 spiro atoms. The van der Waals surface area contributed by atoms with Gasteiger partial charge in [-0.1, -0.05) is 6.07 Å². The maximum absolute atomic E-state index is 12.6. The van der Waals surface area contributed by atoms with Gasteiger partial charge in [-0.05, 0) is 37.3 Å². The fraction of sp³-hybridized carbons (Fsp3) is 0.200. The summed E-state index contributed by atoms with van der Waals surface area (Å²) >= 11 is 0. The predicted octanol–water partition coefficient (Wildman–Crippen LogP) is 2.10. The van der Waals surface area contributed by atoms with Crippen molar-refractivity contribution in [3.05, 3.63) is 72.3 Å². The van der Waals surface area contributed by atoms with Crippen molar-refractivity contribution in [3.8, 4) is 11.4 Å². The fourth-order valence-corrected chi connectivity index (χ4v) is 2.99. The molecule has 30 heavy (non-hydrogen) atoms. The molecule has 10 nitrogen and oxygen atoms in total.